The Hall–Kier alpha value is -3.13. The van der Waals surface area contributed by atoms with Gasteiger partial charge in [-0.05, 0) is 59.3 Å². The molecule has 0 saturated carbocycles. The summed E-state index contributed by atoms with van der Waals surface area (Å²) in [5.74, 6) is 0. The van der Waals surface area contributed by atoms with E-state index in [1.165, 1.54) is 22.1 Å². The minimum atomic E-state index is 0. The molecule has 7 rings (SSSR count). The SMILES string of the molecule is Cl.Clc1cccc(N2CCN(Cc3nc4cc5ccccc5cc4nc3CN3CCN(c4cccc(Cl)c4)CC3)CC2)c1. The Kier molecular flexibility index (Phi) is 9.22. The fourth-order valence-electron chi connectivity index (χ4n) is 6.17. The molecule has 2 aliphatic heterocycles. The molecule has 0 aliphatic carbocycles. The van der Waals surface area contributed by atoms with Crippen molar-refractivity contribution in [2.24, 2.45) is 0 Å². The number of anilines is 2. The Bertz CT molecular complexity index is 1590. The molecule has 4 aromatic carbocycles. The smallest absolute Gasteiger partial charge is 0.0897 e. The minimum absolute atomic E-state index is 0. The molecule has 5 aromatic rings. The molecule has 222 valence electrons. The molecule has 9 heteroatoms. The minimum Gasteiger partial charge on any atom is -0.369 e. The number of fused-ring (bicyclic) bond motifs is 2. The normalized spacial score (nSPS) is 16.5. The number of benzene rings is 4. The average molecular weight is 634 g/mol. The van der Waals surface area contributed by atoms with Crippen LogP contribution in [0.25, 0.3) is 21.8 Å². The van der Waals surface area contributed by atoms with Crippen LogP contribution in [0.1, 0.15) is 11.4 Å². The summed E-state index contributed by atoms with van der Waals surface area (Å²) in [5, 5.41) is 3.97. The lowest BCUT2D eigenvalue weighted by molar-refractivity contribution is 0.233. The quantitative estimate of drug-likeness (QED) is 0.185. The molecule has 2 fully saturated rings. The van der Waals surface area contributed by atoms with Gasteiger partial charge in [-0.25, -0.2) is 9.97 Å². The van der Waals surface area contributed by atoms with Gasteiger partial charge in [0.2, 0.25) is 0 Å². The Labute approximate surface area is 269 Å². The second-order valence-corrected chi connectivity index (χ2v) is 12.2. The van der Waals surface area contributed by atoms with E-state index in [-0.39, 0.29) is 12.4 Å². The van der Waals surface area contributed by atoms with Gasteiger partial charge >= 0.3 is 0 Å². The molecule has 43 heavy (non-hydrogen) atoms. The van der Waals surface area contributed by atoms with Crippen molar-refractivity contribution in [2.75, 3.05) is 62.2 Å². The summed E-state index contributed by atoms with van der Waals surface area (Å²) in [6.07, 6.45) is 0. The van der Waals surface area contributed by atoms with Crippen molar-refractivity contribution in [3.8, 4) is 0 Å². The van der Waals surface area contributed by atoms with E-state index in [4.69, 9.17) is 33.2 Å². The number of halogens is 3. The zero-order valence-electron chi connectivity index (χ0n) is 24.0. The fraction of sp³-hybridized carbons (Fsp3) is 0.294. The van der Waals surface area contributed by atoms with Gasteiger partial charge < -0.3 is 9.80 Å². The van der Waals surface area contributed by atoms with E-state index in [1.807, 2.05) is 24.3 Å². The Morgan fingerprint density at radius 2 is 0.930 bits per heavy atom. The number of aromatic nitrogens is 2. The first-order valence-corrected chi connectivity index (χ1v) is 15.5. The van der Waals surface area contributed by atoms with Crippen molar-refractivity contribution in [2.45, 2.75) is 13.1 Å². The third kappa shape index (κ3) is 6.84. The van der Waals surface area contributed by atoms with Gasteiger partial charge in [-0.2, -0.15) is 0 Å². The second kappa shape index (κ2) is 13.2. The lowest BCUT2D eigenvalue weighted by Gasteiger charge is -2.37. The highest BCUT2D eigenvalue weighted by Crippen LogP contribution is 2.26. The van der Waals surface area contributed by atoms with E-state index in [1.54, 1.807) is 0 Å². The van der Waals surface area contributed by atoms with E-state index >= 15 is 0 Å². The molecule has 6 nitrogen and oxygen atoms in total. The molecule has 0 radical (unpaired) electrons. The molecule has 1 aromatic heterocycles. The highest BCUT2D eigenvalue weighted by molar-refractivity contribution is 6.31. The standard InChI is InChI=1S/C34H34Cl2N6.ClH/c35-27-7-3-9-29(21-27)41-15-11-39(12-16-41)23-33-34(38-32-20-26-6-2-1-5-25(26)19-31(32)37-33)24-40-13-17-42(18-14-40)30-10-4-8-28(36)22-30;/h1-10,19-22H,11-18,23-24H2;1H. The van der Waals surface area contributed by atoms with E-state index in [9.17, 15) is 0 Å². The molecule has 0 N–H and O–H groups in total. The van der Waals surface area contributed by atoms with Crippen molar-refractivity contribution < 1.29 is 0 Å². The summed E-state index contributed by atoms with van der Waals surface area (Å²) in [6.45, 7) is 9.36. The topological polar surface area (TPSA) is 38.7 Å². The monoisotopic (exact) mass is 632 g/mol. The van der Waals surface area contributed by atoms with Crippen molar-refractivity contribution in [1.29, 1.82) is 0 Å². The summed E-state index contributed by atoms with van der Waals surface area (Å²) in [7, 11) is 0. The third-order valence-electron chi connectivity index (χ3n) is 8.52. The van der Waals surface area contributed by atoms with Crippen molar-refractivity contribution in [1.82, 2.24) is 19.8 Å². The molecule has 0 atom stereocenters. The lowest BCUT2D eigenvalue weighted by Crippen LogP contribution is -2.47. The predicted octanol–water partition coefficient (Wildman–Crippen LogP) is 7.16. The summed E-state index contributed by atoms with van der Waals surface area (Å²) >= 11 is 12.5. The molecule has 0 amide bonds. The van der Waals surface area contributed by atoms with Gasteiger partial charge in [0.15, 0.2) is 0 Å². The first-order valence-electron chi connectivity index (χ1n) is 14.7. The molecular formula is C34H35Cl3N6. The first kappa shape index (κ1) is 29.9. The van der Waals surface area contributed by atoms with Gasteiger partial charge in [0.05, 0.1) is 22.4 Å². The molecule has 0 unspecified atom stereocenters. The van der Waals surface area contributed by atoms with E-state index in [2.05, 4.69) is 80.3 Å². The molecule has 0 spiro atoms. The fourth-order valence-corrected chi connectivity index (χ4v) is 6.54. The Balaban J connectivity index is 0.00000329. The van der Waals surface area contributed by atoms with Gasteiger partial charge in [0.1, 0.15) is 0 Å². The van der Waals surface area contributed by atoms with Crippen LogP contribution in [0.4, 0.5) is 11.4 Å². The number of piperazine rings is 2. The summed E-state index contributed by atoms with van der Waals surface area (Å²) in [6, 6.07) is 29.2. The van der Waals surface area contributed by atoms with Crippen LogP contribution in [0, 0.1) is 0 Å². The molecule has 0 bridgehead atoms. The van der Waals surface area contributed by atoms with Crippen LogP contribution in [-0.2, 0) is 13.1 Å². The first-order chi connectivity index (χ1) is 20.6. The molecular weight excluding hydrogens is 599 g/mol. The van der Waals surface area contributed by atoms with Crippen molar-refractivity contribution in [3.05, 3.63) is 106 Å². The van der Waals surface area contributed by atoms with Crippen LogP contribution >= 0.6 is 35.6 Å². The Morgan fingerprint density at radius 3 is 1.33 bits per heavy atom. The van der Waals surface area contributed by atoms with Crippen LogP contribution in [0.2, 0.25) is 10.0 Å². The van der Waals surface area contributed by atoms with E-state index < -0.39 is 0 Å². The number of rotatable bonds is 6. The van der Waals surface area contributed by atoms with Crippen LogP contribution in [0.15, 0.2) is 84.9 Å². The van der Waals surface area contributed by atoms with Gasteiger partial charge in [-0.1, -0.05) is 59.6 Å². The van der Waals surface area contributed by atoms with Gasteiger partial charge in [0.25, 0.3) is 0 Å². The van der Waals surface area contributed by atoms with Crippen LogP contribution < -0.4 is 9.80 Å². The van der Waals surface area contributed by atoms with Crippen molar-refractivity contribution >= 4 is 68.8 Å². The summed E-state index contributed by atoms with van der Waals surface area (Å²) in [4.78, 5) is 20.4. The zero-order chi connectivity index (χ0) is 28.5. The van der Waals surface area contributed by atoms with E-state index in [0.29, 0.717) is 0 Å². The largest absolute Gasteiger partial charge is 0.369 e. The maximum atomic E-state index is 6.26. The van der Waals surface area contributed by atoms with Gasteiger partial charge in [-0.15, -0.1) is 12.4 Å². The van der Waals surface area contributed by atoms with E-state index in [0.717, 1.165) is 97.9 Å². The molecule has 2 saturated heterocycles. The highest BCUT2D eigenvalue weighted by atomic mass is 35.5. The van der Waals surface area contributed by atoms with Crippen LogP contribution in [-0.4, -0.2) is 72.1 Å². The van der Waals surface area contributed by atoms with Crippen LogP contribution in [0.3, 0.4) is 0 Å². The Morgan fingerprint density at radius 1 is 0.512 bits per heavy atom. The third-order valence-corrected chi connectivity index (χ3v) is 9.00. The number of hydrogen-bond donors (Lipinski definition) is 0. The van der Waals surface area contributed by atoms with Gasteiger partial charge in [-0.3, -0.25) is 9.80 Å². The predicted molar refractivity (Wildman–Crippen MR) is 182 cm³/mol. The zero-order valence-corrected chi connectivity index (χ0v) is 26.3. The second-order valence-electron chi connectivity index (χ2n) is 11.3. The summed E-state index contributed by atoms with van der Waals surface area (Å²) in [5.41, 5.74) is 6.50. The average Bonchev–Trinajstić information content (AvgIpc) is 3.01. The van der Waals surface area contributed by atoms with Crippen LogP contribution in [0.5, 0.6) is 0 Å². The van der Waals surface area contributed by atoms with Gasteiger partial charge in [0, 0.05) is 86.9 Å². The summed E-state index contributed by atoms with van der Waals surface area (Å²) < 4.78 is 0. The maximum absolute atomic E-state index is 6.26. The van der Waals surface area contributed by atoms with Crippen molar-refractivity contribution in [3.63, 3.8) is 0 Å². The number of nitrogens with zero attached hydrogens (tertiary/aromatic N) is 6. The molecule has 3 heterocycles. The highest BCUT2D eigenvalue weighted by Gasteiger charge is 2.23. The number of hydrogen-bond acceptors (Lipinski definition) is 6. The molecule has 2 aliphatic rings. The lowest BCUT2D eigenvalue weighted by atomic mass is 10.1. The maximum Gasteiger partial charge on any atom is 0.0897 e.